The van der Waals surface area contributed by atoms with Crippen LogP contribution in [0.2, 0.25) is 5.02 Å². The van der Waals surface area contributed by atoms with Crippen molar-refractivity contribution in [3.63, 3.8) is 0 Å². The van der Waals surface area contributed by atoms with Crippen LogP contribution in [0.5, 0.6) is 11.5 Å². The van der Waals surface area contributed by atoms with Gasteiger partial charge >= 0.3 is 5.97 Å². The Bertz CT molecular complexity index is 860. The Morgan fingerprint density at radius 1 is 1.11 bits per heavy atom. The molecule has 0 saturated heterocycles. The van der Waals surface area contributed by atoms with E-state index in [4.69, 9.17) is 25.8 Å². The van der Waals surface area contributed by atoms with Gasteiger partial charge in [-0.25, -0.2) is 4.79 Å². The van der Waals surface area contributed by atoms with Gasteiger partial charge in [0.1, 0.15) is 18.0 Å². The fraction of sp³-hybridized carbons (Fsp3) is 0.368. The molecule has 0 spiro atoms. The van der Waals surface area contributed by atoms with Gasteiger partial charge in [0.25, 0.3) is 0 Å². The van der Waals surface area contributed by atoms with Crippen LogP contribution in [0.3, 0.4) is 0 Å². The van der Waals surface area contributed by atoms with Gasteiger partial charge in [-0.15, -0.1) is 0 Å². The molecule has 2 aromatic rings. The molecule has 0 aliphatic rings. The molecule has 1 N–H and O–H groups in total. The zero-order chi connectivity index (χ0) is 20.1. The standard InChI is InChI=1S/C19H23ClN2O5/c1-6-27-19(24)13-7-11(2)22(12(13)3)10-18(23)21-15-9-16(25-4)14(20)8-17(15)26-5/h7-9H,6,10H2,1-5H3,(H,21,23). The summed E-state index contributed by atoms with van der Waals surface area (Å²) in [6.45, 7) is 5.68. The van der Waals surface area contributed by atoms with E-state index in [1.54, 1.807) is 36.6 Å². The van der Waals surface area contributed by atoms with Crippen LogP contribution < -0.4 is 14.8 Å². The van der Waals surface area contributed by atoms with E-state index < -0.39 is 5.97 Å². The van der Waals surface area contributed by atoms with Crippen LogP contribution in [-0.2, 0) is 16.1 Å². The van der Waals surface area contributed by atoms with Crippen molar-refractivity contribution in [2.45, 2.75) is 27.3 Å². The lowest BCUT2D eigenvalue weighted by Gasteiger charge is -2.14. The molecule has 7 nitrogen and oxygen atoms in total. The molecule has 0 fully saturated rings. The number of carbonyl (C=O) groups is 2. The Balaban J connectivity index is 2.23. The highest BCUT2D eigenvalue weighted by Crippen LogP contribution is 2.35. The van der Waals surface area contributed by atoms with Gasteiger partial charge in [0.15, 0.2) is 0 Å². The summed E-state index contributed by atoms with van der Waals surface area (Å²) in [5.41, 5.74) is 2.35. The summed E-state index contributed by atoms with van der Waals surface area (Å²) < 4.78 is 17.2. The fourth-order valence-corrected chi connectivity index (χ4v) is 2.98. The van der Waals surface area contributed by atoms with E-state index in [1.165, 1.54) is 14.2 Å². The summed E-state index contributed by atoms with van der Waals surface area (Å²) in [4.78, 5) is 24.6. The minimum Gasteiger partial charge on any atom is -0.495 e. The maximum atomic E-state index is 12.6. The molecule has 1 amide bonds. The number of aryl methyl sites for hydroxylation is 1. The highest BCUT2D eigenvalue weighted by atomic mass is 35.5. The Morgan fingerprint density at radius 2 is 1.78 bits per heavy atom. The summed E-state index contributed by atoms with van der Waals surface area (Å²) >= 11 is 6.08. The molecule has 1 aromatic carbocycles. The van der Waals surface area contributed by atoms with Crippen molar-refractivity contribution < 1.29 is 23.8 Å². The smallest absolute Gasteiger partial charge is 0.339 e. The largest absolute Gasteiger partial charge is 0.495 e. The molecule has 0 unspecified atom stereocenters. The van der Waals surface area contributed by atoms with Gasteiger partial charge in [0.2, 0.25) is 5.91 Å². The molecular formula is C19H23ClN2O5. The van der Waals surface area contributed by atoms with Gasteiger partial charge in [0, 0.05) is 23.5 Å². The van der Waals surface area contributed by atoms with Gasteiger partial charge in [0.05, 0.1) is 37.1 Å². The number of amides is 1. The van der Waals surface area contributed by atoms with Crippen LogP contribution in [-0.4, -0.2) is 37.3 Å². The number of ether oxygens (including phenoxy) is 3. The Kier molecular flexibility index (Phi) is 6.74. The first-order valence-electron chi connectivity index (χ1n) is 8.37. The number of esters is 1. The average Bonchev–Trinajstić information content (AvgIpc) is 2.91. The molecule has 27 heavy (non-hydrogen) atoms. The second-order valence-corrected chi connectivity index (χ2v) is 6.23. The second-order valence-electron chi connectivity index (χ2n) is 5.83. The lowest BCUT2D eigenvalue weighted by Crippen LogP contribution is -2.21. The normalized spacial score (nSPS) is 10.4. The van der Waals surface area contributed by atoms with Crippen molar-refractivity contribution in [1.82, 2.24) is 4.57 Å². The number of hydrogen-bond donors (Lipinski definition) is 1. The summed E-state index contributed by atoms with van der Waals surface area (Å²) in [6, 6.07) is 4.88. The number of aromatic nitrogens is 1. The van der Waals surface area contributed by atoms with E-state index >= 15 is 0 Å². The maximum absolute atomic E-state index is 12.6. The third-order valence-corrected chi connectivity index (χ3v) is 4.41. The van der Waals surface area contributed by atoms with Crippen LogP contribution in [0, 0.1) is 13.8 Å². The molecule has 1 heterocycles. The Hall–Kier alpha value is -2.67. The molecule has 146 valence electrons. The molecular weight excluding hydrogens is 372 g/mol. The minimum atomic E-state index is -0.402. The van der Waals surface area contributed by atoms with E-state index in [9.17, 15) is 9.59 Å². The van der Waals surface area contributed by atoms with E-state index in [2.05, 4.69) is 5.32 Å². The predicted octanol–water partition coefficient (Wildman–Crippen LogP) is 3.59. The number of methoxy groups -OCH3 is 2. The van der Waals surface area contributed by atoms with Gasteiger partial charge in [-0.2, -0.15) is 0 Å². The van der Waals surface area contributed by atoms with Crippen molar-refractivity contribution >= 4 is 29.2 Å². The van der Waals surface area contributed by atoms with Crippen LogP contribution in [0.4, 0.5) is 5.69 Å². The molecule has 0 bridgehead atoms. The molecule has 0 radical (unpaired) electrons. The fourth-order valence-electron chi connectivity index (χ4n) is 2.75. The average molecular weight is 395 g/mol. The van der Waals surface area contributed by atoms with E-state index in [1.807, 2.05) is 6.92 Å². The molecule has 2 rings (SSSR count). The lowest BCUT2D eigenvalue weighted by molar-refractivity contribution is -0.116. The monoisotopic (exact) mass is 394 g/mol. The van der Waals surface area contributed by atoms with Crippen molar-refractivity contribution in [3.8, 4) is 11.5 Å². The van der Waals surface area contributed by atoms with Crippen LogP contribution in [0.1, 0.15) is 28.7 Å². The molecule has 8 heteroatoms. The highest BCUT2D eigenvalue weighted by Gasteiger charge is 2.19. The summed E-state index contributed by atoms with van der Waals surface area (Å²) in [5.74, 6) is 0.157. The van der Waals surface area contributed by atoms with Crippen molar-refractivity contribution in [3.05, 3.63) is 40.2 Å². The number of anilines is 1. The SMILES string of the molecule is CCOC(=O)c1cc(C)n(CC(=O)Nc2cc(OC)c(Cl)cc2OC)c1C. The van der Waals surface area contributed by atoms with Crippen LogP contribution >= 0.6 is 11.6 Å². The highest BCUT2D eigenvalue weighted by molar-refractivity contribution is 6.32. The third-order valence-electron chi connectivity index (χ3n) is 4.12. The topological polar surface area (TPSA) is 78.8 Å². The number of rotatable bonds is 7. The molecule has 0 aliphatic heterocycles. The Morgan fingerprint density at radius 3 is 2.37 bits per heavy atom. The van der Waals surface area contributed by atoms with E-state index in [0.29, 0.717) is 40.1 Å². The molecule has 0 aliphatic carbocycles. The number of nitrogens with one attached hydrogen (secondary N) is 1. The molecule has 0 atom stereocenters. The quantitative estimate of drug-likeness (QED) is 0.726. The van der Waals surface area contributed by atoms with Crippen molar-refractivity contribution in [1.29, 1.82) is 0 Å². The first kappa shape index (κ1) is 20.6. The minimum absolute atomic E-state index is 0.0329. The number of nitrogens with zero attached hydrogens (tertiary/aromatic N) is 1. The first-order chi connectivity index (χ1) is 12.8. The van der Waals surface area contributed by atoms with Crippen LogP contribution in [0.25, 0.3) is 0 Å². The summed E-state index contributed by atoms with van der Waals surface area (Å²) in [5, 5.41) is 3.17. The first-order valence-corrected chi connectivity index (χ1v) is 8.75. The van der Waals surface area contributed by atoms with Crippen LogP contribution in [0.15, 0.2) is 18.2 Å². The lowest BCUT2D eigenvalue weighted by atomic mass is 10.2. The molecule has 0 saturated carbocycles. The zero-order valence-corrected chi connectivity index (χ0v) is 16.8. The predicted molar refractivity (Wildman–Crippen MR) is 103 cm³/mol. The van der Waals surface area contributed by atoms with Gasteiger partial charge in [-0.3, -0.25) is 4.79 Å². The molecule has 1 aromatic heterocycles. The number of carbonyl (C=O) groups excluding carboxylic acids is 2. The van der Waals surface area contributed by atoms with Gasteiger partial charge in [-0.05, 0) is 26.8 Å². The van der Waals surface area contributed by atoms with E-state index in [0.717, 1.165) is 5.69 Å². The van der Waals surface area contributed by atoms with Crippen molar-refractivity contribution in [2.24, 2.45) is 0 Å². The second kappa shape index (κ2) is 8.81. The van der Waals surface area contributed by atoms with Gasteiger partial charge < -0.3 is 24.1 Å². The maximum Gasteiger partial charge on any atom is 0.339 e. The summed E-state index contributed by atoms with van der Waals surface area (Å²) in [6.07, 6.45) is 0. The number of halogens is 1. The summed E-state index contributed by atoms with van der Waals surface area (Å²) in [7, 11) is 2.97. The third kappa shape index (κ3) is 4.54. The number of hydrogen-bond acceptors (Lipinski definition) is 5. The van der Waals surface area contributed by atoms with E-state index in [-0.39, 0.29) is 12.5 Å². The Labute approximate surface area is 163 Å². The number of benzene rings is 1. The van der Waals surface area contributed by atoms with Gasteiger partial charge in [-0.1, -0.05) is 11.6 Å². The zero-order valence-electron chi connectivity index (χ0n) is 16.0. The van der Waals surface area contributed by atoms with Crippen molar-refractivity contribution in [2.75, 3.05) is 26.1 Å².